The number of nitrogens with two attached hydrogens (primary N) is 2. The molecule has 180 valence electrons. The highest BCUT2D eigenvalue weighted by atomic mass is 19.4. The fourth-order valence-electron chi connectivity index (χ4n) is 4.16. The third-order valence-electron chi connectivity index (χ3n) is 5.82. The van der Waals surface area contributed by atoms with Gasteiger partial charge in [-0.3, -0.25) is 14.6 Å². The molecule has 2 heterocycles. The predicted molar refractivity (Wildman–Crippen MR) is 115 cm³/mol. The molecule has 7 nitrogen and oxygen atoms in total. The lowest BCUT2D eigenvalue weighted by atomic mass is 10.1. The van der Waals surface area contributed by atoms with E-state index in [2.05, 4.69) is 12.1 Å². The van der Waals surface area contributed by atoms with E-state index >= 15 is 0 Å². The normalized spacial score (nSPS) is 21.8. The highest BCUT2D eigenvalue weighted by Crippen LogP contribution is 2.25. The van der Waals surface area contributed by atoms with E-state index in [4.69, 9.17) is 16.2 Å². The first kappa shape index (κ1) is 26.1. The fourth-order valence-corrected chi connectivity index (χ4v) is 4.16. The zero-order valence-electron chi connectivity index (χ0n) is 18.4. The highest BCUT2D eigenvalue weighted by Gasteiger charge is 2.35. The van der Waals surface area contributed by atoms with Gasteiger partial charge in [0.1, 0.15) is 12.0 Å². The molecule has 1 saturated heterocycles. The van der Waals surface area contributed by atoms with Crippen LogP contribution in [0.3, 0.4) is 0 Å². The topological polar surface area (TPSA) is 102 Å². The Labute approximate surface area is 186 Å². The number of nitrogens with zero attached hydrogens (tertiary/aromatic N) is 2. The molecule has 0 saturated carbocycles. The summed E-state index contributed by atoms with van der Waals surface area (Å²) < 4.78 is 43.1. The maximum Gasteiger partial charge on any atom is 0.401 e. The Morgan fingerprint density at radius 1 is 1.34 bits per heavy atom. The van der Waals surface area contributed by atoms with Gasteiger partial charge in [0.25, 0.3) is 0 Å². The number of primary amides is 1. The number of carbonyl (C=O) groups is 2. The Hall–Kier alpha value is -2.17. The Morgan fingerprint density at radius 2 is 2.06 bits per heavy atom. The van der Waals surface area contributed by atoms with Crippen molar-refractivity contribution in [1.29, 1.82) is 0 Å². The third-order valence-corrected chi connectivity index (χ3v) is 5.82. The molecule has 3 atom stereocenters. The predicted octanol–water partition coefficient (Wildman–Crippen LogP) is 1.73. The van der Waals surface area contributed by atoms with Crippen molar-refractivity contribution in [2.45, 2.75) is 56.4 Å². The van der Waals surface area contributed by atoms with Crippen LogP contribution in [0.2, 0.25) is 0 Å². The summed E-state index contributed by atoms with van der Waals surface area (Å²) in [5.74, 6) is 0.661. The smallest absolute Gasteiger partial charge is 0.401 e. The second-order valence-corrected chi connectivity index (χ2v) is 8.31. The lowest BCUT2D eigenvalue weighted by Gasteiger charge is -2.29. The van der Waals surface area contributed by atoms with Gasteiger partial charge in [-0.1, -0.05) is 18.2 Å². The Balaban J connectivity index is 0.000000297. The molecule has 2 aliphatic rings. The number of para-hydroxylation sites is 1. The van der Waals surface area contributed by atoms with E-state index in [1.807, 2.05) is 17.0 Å². The minimum atomic E-state index is -4.35. The number of likely N-dealkylation sites (N-methyl/N-ethyl adjacent to an activating group) is 1. The molecule has 1 aromatic carbocycles. The summed E-state index contributed by atoms with van der Waals surface area (Å²) in [5, 5.41) is 0. The van der Waals surface area contributed by atoms with Crippen molar-refractivity contribution in [3.05, 3.63) is 29.8 Å². The SMILES string of the molecule is CN1C(CCN(CC(N)C=O)CC(F)(F)F)CCC1C(N)=O.c1ccc2c(c1)CCCO2. The zero-order valence-corrected chi connectivity index (χ0v) is 18.4. The largest absolute Gasteiger partial charge is 0.493 e. The van der Waals surface area contributed by atoms with Crippen LogP contribution in [0, 0.1) is 0 Å². The summed E-state index contributed by atoms with van der Waals surface area (Å²) in [7, 11) is 1.75. The number of hydrogen-bond acceptors (Lipinski definition) is 6. The van der Waals surface area contributed by atoms with Crippen molar-refractivity contribution in [2.75, 3.05) is 33.3 Å². The molecule has 0 aromatic heterocycles. The van der Waals surface area contributed by atoms with Crippen molar-refractivity contribution in [3.8, 4) is 5.75 Å². The summed E-state index contributed by atoms with van der Waals surface area (Å²) in [4.78, 5) is 24.7. The molecule has 3 rings (SSSR count). The van der Waals surface area contributed by atoms with E-state index in [-0.39, 0.29) is 25.2 Å². The van der Waals surface area contributed by atoms with E-state index in [1.54, 1.807) is 7.05 Å². The van der Waals surface area contributed by atoms with E-state index in [9.17, 15) is 22.8 Å². The second kappa shape index (κ2) is 12.2. The lowest BCUT2D eigenvalue weighted by molar-refractivity contribution is -0.147. The van der Waals surface area contributed by atoms with Crippen LogP contribution in [0.25, 0.3) is 0 Å². The molecule has 0 radical (unpaired) electrons. The first-order chi connectivity index (χ1) is 15.1. The summed E-state index contributed by atoms with van der Waals surface area (Å²) in [6.45, 7) is -0.207. The Kier molecular flexibility index (Phi) is 9.92. The van der Waals surface area contributed by atoms with Crippen LogP contribution in [-0.4, -0.2) is 79.6 Å². The van der Waals surface area contributed by atoms with Gasteiger partial charge in [0.2, 0.25) is 5.91 Å². The number of amides is 1. The summed E-state index contributed by atoms with van der Waals surface area (Å²) in [6.07, 6.45) is 0.219. The molecule has 0 aliphatic carbocycles. The average molecular weight is 459 g/mol. The molecule has 1 amide bonds. The van der Waals surface area contributed by atoms with Gasteiger partial charge in [-0.25, -0.2) is 0 Å². The van der Waals surface area contributed by atoms with Crippen LogP contribution in [0.15, 0.2) is 24.3 Å². The van der Waals surface area contributed by atoms with Crippen LogP contribution in [-0.2, 0) is 16.0 Å². The monoisotopic (exact) mass is 458 g/mol. The maximum absolute atomic E-state index is 12.6. The van der Waals surface area contributed by atoms with E-state index in [0.717, 1.165) is 23.7 Å². The number of hydrogen-bond donors (Lipinski definition) is 2. The number of halogens is 3. The lowest BCUT2D eigenvalue weighted by Crippen LogP contribution is -2.45. The molecule has 3 unspecified atom stereocenters. The number of likely N-dealkylation sites (tertiary alicyclic amines) is 1. The van der Waals surface area contributed by atoms with Crippen molar-refractivity contribution >= 4 is 12.2 Å². The molecular formula is C22H33F3N4O3. The maximum atomic E-state index is 12.6. The van der Waals surface area contributed by atoms with Gasteiger partial charge in [-0.15, -0.1) is 0 Å². The number of aryl methyl sites for hydroxylation is 1. The van der Waals surface area contributed by atoms with Gasteiger partial charge in [0.05, 0.1) is 25.2 Å². The van der Waals surface area contributed by atoms with Gasteiger partial charge in [-0.05, 0) is 50.8 Å². The van der Waals surface area contributed by atoms with Gasteiger partial charge < -0.3 is 21.0 Å². The standard InChI is InChI=1S/C13H23F3N4O2.C9H10O/c1-19-10(2-3-11(19)12(18)22)4-5-20(6-9(17)7-21)8-13(14,15)16;1-2-6-9-8(4-1)5-3-7-10-9/h7,9-11H,2-6,8,17H2,1H3,(H2,18,22);1-2,4,6H,3,5,7H2. The molecule has 32 heavy (non-hydrogen) atoms. The number of fused-ring (bicyclic) bond motifs is 1. The fraction of sp³-hybridized carbons (Fsp3) is 0.636. The van der Waals surface area contributed by atoms with E-state index in [0.29, 0.717) is 25.5 Å². The molecule has 0 spiro atoms. The van der Waals surface area contributed by atoms with Gasteiger partial charge in [0.15, 0.2) is 0 Å². The van der Waals surface area contributed by atoms with Crippen molar-refractivity contribution in [3.63, 3.8) is 0 Å². The number of ether oxygens (including phenoxy) is 1. The minimum absolute atomic E-state index is 0.000638. The van der Waals surface area contributed by atoms with E-state index in [1.165, 1.54) is 12.0 Å². The summed E-state index contributed by atoms with van der Waals surface area (Å²) >= 11 is 0. The number of aldehydes is 1. The van der Waals surface area contributed by atoms with Crippen LogP contribution in [0.4, 0.5) is 13.2 Å². The van der Waals surface area contributed by atoms with Crippen molar-refractivity contribution < 1.29 is 27.5 Å². The molecule has 1 aromatic rings. The third kappa shape index (κ3) is 8.40. The summed E-state index contributed by atoms with van der Waals surface area (Å²) in [5.41, 5.74) is 12.1. The number of carbonyl (C=O) groups excluding carboxylic acids is 2. The van der Waals surface area contributed by atoms with Crippen LogP contribution < -0.4 is 16.2 Å². The number of benzene rings is 1. The van der Waals surface area contributed by atoms with Gasteiger partial charge in [-0.2, -0.15) is 13.2 Å². The van der Waals surface area contributed by atoms with Crippen LogP contribution in [0.1, 0.15) is 31.2 Å². The minimum Gasteiger partial charge on any atom is -0.493 e. The van der Waals surface area contributed by atoms with Crippen molar-refractivity contribution in [2.24, 2.45) is 11.5 Å². The highest BCUT2D eigenvalue weighted by molar-refractivity contribution is 5.80. The Bertz CT molecular complexity index is 722. The van der Waals surface area contributed by atoms with Gasteiger partial charge in [0, 0.05) is 19.1 Å². The number of rotatable bonds is 8. The summed E-state index contributed by atoms with van der Waals surface area (Å²) in [6, 6.07) is 6.95. The van der Waals surface area contributed by atoms with Crippen LogP contribution in [0.5, 0.6) is 5.75 Å². The molecule has 0 bridgehead atoms. The average Bonchev–Trinajstić information content (AvgIpc) is 3.12. The zero-order chi connectivity index (χ0) is 23.7. The molecule has 10 heteroatoms. The second-order valence-electron chi connectivity index (χ2n) is 8.31. The quantitative estimate of drug-likeness (QED) is 0.576. The number of alkyl halides is 3. The Morgan fingerprint density at radius 3 is 2.66 bits per heavy atom. The molecule has 1 fully saturated rings. The molecule has 4 N–H and O–H groups in total. The van der Waals surface area contributed by atoms with E-state index < -0.39 is 24.7 Å². The van der Waals surface area contributed by atoms with Gasteiger partial charge >= 0.3 is 6.18 Å². The van der Waals surface area contributed by atoms with Crippen LogP contribution >= 0.6 is 0 Å². The first-order valence-electron chi connectivity index (χ1n) is 10.8. The molecular weight excluding hydrogens is 425 g/mol. The first-order valence-corrected chi connectivity index (χ1v) is 10.8. The molecule has 2 aliphatic heterocycles. The van der Waals surface area contributed by atoms with Crippen molar-refractivity contribution in [1.82, 2.24) is 9.80 Å².